The molecular weight excluding hydrogens is 230 g/mol. The Labute approximate surface area is 101 Å². The predicted molar refractivity (Wildman–Crippen MR) is 63.3 cm³/mol. The van der Waals surface area contributed by atoms with Gasteiger partial charge in [-0.25, -0.2) is 0 Å². The van der Waals surface area contributed by atoms with Crippen molar-refractivity contribution >= 4 is 18.4 Å². The van der Waals surface area contributed by atoms with Crippen LogP contribution in [0.15, 0.2) is 30.3 Å². The second kappa shape index (κ2) is 8.10. The molecular formula is C11H16ClNO3. The van der Waals surface area contributed by atoms with E-state index >= 15 is 0 Å². The summed E-state index contributed by atoms with van der Waals surface area (Å²) >= 11 is 0. The standard InChI is InChI=1S/C11H15NO3.ClH/c1-14-11(13)10(12)8-15-7-9-5-3-2-4-6-9;/h2-6,10H,7-8,12H2,1H3;1H/t10-;/m0./s1. The van der Waals surface area contributed by atoms with Gasteiger partial charge >= 0.3 is 5.97 Å². The van der Waals surface area contributed by atoms with E-state index in [-0.39, 0.29) is 19.0 Å². The number of halogens is 1. The van der Waals surface area contributed by atoms with Crippen LogP contribution in [0.1, 0.15) is 5.56 Å². The maximum atomic E-state index is 10.9. The van der Waals surface area contributed by atoms with E-state index in [9.17, 15) is 4.79 Å². The fraction of sp³-hybridized carbons (Fsp3) is 0.364. The van der Waals surface area contributed by atoms with E-state index in [1.807, 2.05) is 30.3 Å². The number of hydrogen-bond acceptors (Lipinski definition) is 4. The smallest absolute Gasteiger partial charge is 0.325 e. The summed E-state index contributed by atoms with van der Waals surface area (Å²) in [7, 11) is 1.30. The molecule has 0 radical (unpaired) electrons. The summed E-state index contributed by atoms with van der Waals surface area (Å²) in [4.78, 5) is 10.9. The highest BCUT2D eigenvalue weighted by atomic mass is 35.5. The Morgan fingerprint density at radius 1 is 1.38 bits per heavy atom. The monoisotopic (exact) mass is 245 g/mol. The van der Waals surface area contributed by atoms with Crippen molar-refractivity contribution in [3.05, 3.63) is 35.9 Å². The number of esters is 1. The van der Waals surface area contributed by atoms with E-state index in [2.05, 4.69) is 4.74 Å². The number of rotatable bonds is 5. The average Bonchev–Trinajstić information content (AvgIpc) is 2.29. The molecule has 0 amide bonds. The van der Waals surface area contributed by atoms with E-state index in [0.717, 1.165) is 5.56 Å². The zero-order chi connectivity index (χ0) is 11.1. The fourth-order valence-electron chi connectivity index (χ4n) is 1.10. The molecule has 1 aromatic rings. The van der Waals surface area contributed by atoms with Gasteiger partial charge in [0.1, 0.15) is 6.04 Å². The quantitative estimate of drug-likeness (QED) is 0.790. The molecule has 0 aliphatic carbocycles. The molecule has 0 aromatic heterocycles. The number of carbonyl (C=O) groups excluding carboxylic acids is 1. The molecule has 0 unspecified atom stereocenters. The van der Waals surface area contributed by atoms with Crippen LogP contribution in [0.5, 0.6) is 0 Å². The van der Waals surface area contributed by atoms with Crippen molar-refractivity contribution in [1.82, 2.24) is 0 Å². The van der Waals surface area contributed by atoms with Gasteiger partial charge in [0.25, 0.3) is 0 Å². The van der Waals surface area contributed by atoms with Gasteiger partial charge in [-0.15, -0.1) is 12.4 Å². The average molecular weight is 246 g/mol. The number of methoxy groups -OCH3 is 1. The third kappa shape index (κ3) is 5.11. The normalized spacial score (nSPS) is 11.4. The Morgan fingerprint density at radius 3 is 2.56 bits per heavy atom. The molecule has 1 rings (SSSR count). The SMILES string of the molecule is COC(=O)[C@@H](N)COCc1ccccc1.Cl. The predicted octanol–water partition coefficient (Wildman–Crippen LogP) is 1.13. The lowest BCUT2D eigenvalue weighted by molar-refractivity contribution is -0.143. The summed E-state index contributed by atoms with van der Waals surface area (Å²) in [5, 5.41) is 0. The lowest BCUT2D eigenvalue weighted by Crippen LogP contribution is -2.36. The van der Waals surface area contributed by atoms with Crippen LogP contribution < -0.4 is 5.73 Å². The summed E-state index contributed by atoms with van der Waals surface area (Å²) in [5.41, 5.74) is 6.54. The van der Waals surface area contributed by atoms with Gasteiger partial charge in [-0.2, -0.15) is 0 Å². The molecule has 16 heavy (non-hydrogen) atoms. The van der Waals surface area contributed by atoms with Gasteiger partial charge in [-0.1, -0.05) is 30.3 Å². The molecule has 0 bridgehead atoms. The van der Waals surface area contributed by atoms with E-state index < -0.39 is 12.0 Å². The Morgan fingerprint density at radius 2 is 2.00 bits per heavy atom. The maximum Gasteiger partial charge on any atom is 0.325 e. The van der Waals surface area contributed by atoms with Crippen molar-refractivity contribution in [2.24, 2.45) is 5.73 Å². The number of ether oxygens (including phenoxy) is 2. The first-order valence-electron chi connectivity index (χ1n) is 4.69. The maximum absolute atomic E-state index is 10.9. The second-order valence-electron chi connectivity index (χ2n) is 3.13. The molecule has 0 fully saturated rings. The molecule has 0 heterocycles. The van der Waals surface area contributed by atoms with Gasteiger partial charge in [0.15, 0.2) is 0 Å². The van der Waals surface area contributed by atoms with E-state index in [4.69, 9.17) is 10.5 Å². The minimum Gasteiger partial charge on any atom is -0.468 e. The number of nitrogens with two attached hydrogens (primary N) is 1. The zero-order valence-corrected chi connectivity index (χ0v) is 9.91. The van der Waals surface area contributed by atoms with E-state index in [1.54, 1.807) is 0 Å². The topological polar surface area (TPSA) is 61.5 Å². The molecule has 90 valence electrons. The lowest BCUT2D eigenvalue weighted by atomic mass is 10.2. The van der Waals surface area contributed by atoms with Gasteiger partial charge in [0.2, 0.25) is 0 Å². The van der Waals surface area contributed by atoms with Crippen LogP contribution in [0.3, 0.4) is 0 Å². The lowest BCUT2D eigenvalue weighted by Gasteiger charge is -2.09. The second-order valence-corrected chi connectivity index (χ2v) is 3.13. The van der Waals surface area contributed by atoms with Gasteiger partial charge in [-0.05, 0) is 5.56 Å². The molecule has 1 aromatic carbocycles. The van der Waals surface area contributed by atoms with Crippen LogP contribution in [0.4, 0.5) is 0 Å². The van der Waals surface area contributed by atoms with E-state index in [1.165, 1.54) is 7.11 Å². The number of benzene rings is 1. The summed E-state index contributed by atoms with van der Waals surface area (Å²) in [6.07, 6.45) is 0. The minimum atomic E-state index is -0.710. The van der Waals surface area contributed by atoms with Crippen LogP contribution in [0.2, 0.25) is 0 Å². The highest BCUT2D eigenvalue weighted by molar-refractivity contribution is 5.85. The van der Waals surface area contributed by atoms with Gasteiger partial charge in [0.05, 0.1) is 20.3 Å². The molecule has 0 aliphatic heterocycles. The summed E-state index contributed by atoms with van der Waals surface area (Å²) < 4.78 is 9.75. The van der Waals surface area contributed by atoms with Crippen LogP contribution in [0.25, 0.3) is 0 Å². The van der Waals surface area contributed by atoms with Gasteiger partial charge < -0.3 is 15.2 Å². The third-order valence-corrected chi connectivity index (χ3v) is 1.91. The molecule has 1 atom stereocenters. The molecule has 2 N–H and O–H groups in total. The zero-order valence-electron chi connectivity index (χ0n) is 9.09. The first-order valence-corrected chi connectivity index (χ1v) is 4.69. The first-order chi connectivity index (χ1) is 7.24. The van der Waals surface area contributed by atoms with Crippen molar-refractivity contribution in [3.8, 4) is 0 Å². The highest BCUT2D eigenvalue weighted by Gasteiger charge is 2.13. The molecule has 0 spiro atoms. The van der Waals surface area contributed by atoms with Crippen molar-refractivity contribution < 1.29 is 14.3 Å². The Hall–Kier alpha value is -1.10. The Balaban J connectivity index is 0.00000225. The van der Waals surface area contributed by atoms with Crippen LogP contribution >= 0.6 is 12.4 Å². The summed E-state index contributed by atoms with van der Waals surface area (Å²) in [6, 6.07) is 8.98. The Kier molecular flexibility index (Phi) is 7.54. The van der Waals surface area contributed by atoms with Crippen molar-refractivity contribution in [1.29, 1.82) is 0 Å². The third-order valence-electron chi connectivity index (χ3n) is 1.91. The molecule has 0 aliphatic rings. The van der Waals surface area contributed by atoms with E-state index in [0.29, 0.717) is 6.61 Å². The fourth-order valence-corrected chi connectivity index (χ4v) is 1.10. The first kappa shape index (κ1) is 14.9. The molecule has 5 heteroatoms. The molecule has 0 saturated carbocycles. The highest BCUT2D eigenvalue weighted by Crippen LogP contribution is 2.00. The van der Waals surface area contributed by atoms with Crippen molar-refractivity contribution in [3.63, 3.8) is 0 Å². The van der Waals surface area contributed by atoms with Crippen LogP contribution in [0, 0.1) is 0 Å². The van der Waals surface area contributed by atoms with Crippen molar-refractivity contribution in [2.75, 3.05) is 13.7 Å². The largest absolute Gasteiger partial charge is 0.468 e. The summed E-state index contributed by atoms with van der Waals surface area (Å²) in [6.45, 7) is 0.618. The Bertz CT molecular complexity index is 305. The van der Waals surface area contributed by atoms with Gasteiger partial charge in [0, 0.05) is 0 Å². The van der Waals surface area contributed by atoms with Crippen LogP contribution in [-0.4, -0.2) is 25.7 Å². The summed E-state index contributed by atoms with van der Waals surface area (Å²) in [5.74, 6) is -0.455. The van der Waals surface area contributed by atoms with Gasteiger partial charge in [-0.3, -0.25) is 4.79 Å². The van der Waals surface area contributed by atoms with Crippen molar-refractivity contribution in [2.45, 2.75) is 12.6 Å². The molecule has 0 saturated heterocycles. The molecule has 4 nitrogen and oxygen atoms in total. The van der Waals surface area contributed by atoms with Crippen LogP contribution in [-0.2, 0) is 20.9 Å². The number of hydrogen-bond donors (Lipinski definition) is 1. The minimum absolute atomic E-state index is 0. The number of carbonyl (C=O) groups is 1.